The monoisotopic (exact) mass is 461 g/mol. The van der Waals surface area contributed by atoms with Crippen molar-refractivity contribution in [1.82, 2.24) is 4.90 Å². The highest BCUT2D eigenvalue weighted by atomic mass is 35.5. The lowest BCUT2D eigenvalue weighted by Gasteiger charge is -2.39. The molecule has 0 bridgehead atoms. The maximum absolute atomic E-state index is 5.61. The van der Waals surface area contributed by atoms with Gasteiger partial charge in [-0.2, -0.15) is 0 Å². The van der Waals surface area contributed by atoms with Crippen LogP contribution >= 0.6 is 12.4 Å². The van der Waals surface area contributed by atoms with E-state index in [1.54, 1.807) is 11.3 Å². The summed E-state index contributed by atoms with van der Waals surface area (Å²) in [6, 6.07) is 7.43. The van der Waals surface area contributed by atoms with E-state index in [0.717, 1.165) is 37.6 Å². The third kappa shape index (κ3) is 5.56. The molecular formula is C27H44ClN3O. The summed E-state index contributed by atoms with van der Waals surface area (Å²) in [7, 11) is 0. The molecule has 0 atom stereocenters. The van der Waals surface area contributed by atoms with Gasteiger partial charge < -0.3 is 14.5 Å². The fraction of sp³-hybridized carbons (Fsp3) is 0.778. The number of hydrogen-bond donors (Lipinski definition) is 0. The van der Waals surface area contributed by atoms with E-state index in [9.17, 15) is 0 Å². The number of benzene rings is 1. The van der Waals surface area contributed by atoms with Gasteiger partial charge in [-0.3, -0.25) is 4.90 Å². The Hall–Kier alpha value is -0.970. The molecule has 2 aliphatic carbocycles. The molecule has 0 N–H and O–H groups in total. The van der Waals surface area contributed by atoms with E-state index in [1.165, 1.54) is 96.2 Å². The molecule has 2 aliphatic heterocycles. The zero-order chi connectivity index (χ0) is 21.1. The van der Waals surface area contributed by atoms with Crippen molar-refractivity contribution in [2.24, 2.45) is 5.41 Å². The minimum absolute atomic E-state index is 0. The highest BCUT2D eigenvalue weighted by molar-refractivity contribution is 5.85. The number of morpholine rings is 1. The molecule has 1 aromatic rings. The normalized spacial score (nSPS) is 23.9. The van der Waals surface area contributed by atoms with E-state index in [4.69, 9.17) is 4.74 Å². The Morgan fingerprint density at radius 2 is 1.59 bits per heavy atom. The lowest BCUT2D eigenvalue weighted by molar-refractivity contribution is 0.122. The van der Waals surface area contributed by atoms with Crippen LogP contribution in [-0.4, -0.2) is 63.9 Å². The molecule has 5 heteroatoms. The molecule has 0 aromatic heterocycles. The lowest BCUT2D eigenvalue weighted by Crippen LogP contribution is -2.47. The molecule has 0 amide bonds. The standard InChI is InChI=1S/C27H43N3O.ClH/c1-2-3-4-13-28-14-16-30(17-15-28)26-6-5-24(29-18-20-31-21-19-29)22-25(26)23-7-9-27(10-8-23)11-12-27;/h5-6,22-23H,2-4,7-21H2,1H3;1H. The first-order valence-electron chi connectivity index (χ1n) is 13.2. The van der Waals surface area contributed by atoms with Crippen molar-refractivity contribution in [1.29, 1.82) is 0 Å². The second-order valence-corrected chi connectivity index (χ2v) is 10.7. The van der Waals surface area contributed by atoms with Gasteiger partial charge in [0.15, 0.2) is 0 Å². The first kappa shape index (κ1) is 24.2. The summed E-state index contributed by atoms with van der Waals surface area (Å²) >= 11 is 0. The third-order valence-electron chi connectivity index (χ3n) is 8.62. The van der Waals surface area contributed by atoms with Gasteiger partial charge >= 0.3 is 0 Å². The van der Waals surface area contributed by atoms with Crippen LogP contribution in [0.25, 0.3) is 0 Å². The predicted octanol–water partition coefficient (Wildman–Crippen LogP) is 5.70. The van der Waals surface area contributed by atoms with Gasteiger partial charge in [0.2, 0.25) is 0 Å². The molecule has 2 heterocycles. The van der Waals surface area contributed by atoms with E-state index in [-0.39, 0.29) is 12.4 Å². The zero-order valence-corrected chi connectivity index (χ0v) is 21.0. The average Bonchev–Trinajstić information content (AvgIpc) is 3.59. The number of rotatable bonds is 7. The van der Waals surface area contributed by atoms with Gasteiger partial charge in [-0.25, -0.2) is 0 Å². The van der Waals surface area contributed by atoms with Crippen molar-refractivity contribution < 1.29 is 4.74 Å². The van der Waals surface area contributed by atoms with E-state index in [0.29, 0.717) is 0 Å². The summed E-state index contributed by atoms with van der Waals surface area (Å²) in [4.78, 5) is 7.93. The van der Waals surface area contributed by atoms with Crippen LogP contribution in [0.1, 0.15) is 76.2 Å². The zero-order valence-electron chi connectivity index (χ0n) is 20.2. The minimum atomic E-state index is 0. The Balaban J connectivity index is 0.00000245. The second-order valence-electron chi connectivity index (χ2n) is 10.7. The smallest absolute Gasteiger partial charge is 0.0642 e. The van der Waals surface area contributed by atoms with Crippen molar-refractivity contribution in [3.8, 4) is 0 Å². The van der Waals surface area contributed by atoms with Crippen molar-refractivity contribution in [2.75, 3.05) is 68.8 Å². The number of anilines is 2. The van der Waals surface area contributed by atoms with Crippen LogP contribution in [0.3, 0.4) is 0 Å². The molecular weight excluding hydrogens is 418 g/mol. The topological polar surface area (TPSA) is 19.0 Å². The Labute approximate surface area is 202 Å². The summed E-state index contributed by atoms with van der Waals surface area (Å²) in [5, 5.41) is 0. The molecule has 2 saturated heterocycles. The van der Waals surface area contributed by atoms with Gasteiger partial charge in [0, 0.05) is 50.6 Å². The fourth-order valence-electron chi connectivity index (χ4n) is 6.19. The number of piperazine rings is 1. The number of unbranched alkanes of at least 4 members (excludes halogenated alkanes) is 2. The first-order valence-corrected chi connectivity index (χ1v) is 13.2. The number of hydrogen-bond acceptors (Lipinski definition) is 4. The Morgan fingerprint density at radius 3 is 2.25 bits per heavy atom. The molecule has 1 spiro atoms. The highest BCUT2D eigenvalue weighted by Gasteiger charge is 2.45. The molecule has 32 heavy (non-hydrogen) atoms. The SMILES string of the molecule is CCCCCN1CCN(c2ccc(N3CCOCC3)cc2C2CCC3(CC2)CC3)CC1.Cl. The van der Waals surface area contributed by atoms with Gasteiger partial charge in [-0.05, 0) is 86.6 Å². The minimum Gasteiger partial charge on any atom is -0.378 e. The Kier molecular flexibility index (Phi) is 8.28. The fourth-order valence-corrected chi connectivity index (χ4v) is 6.19. The molecule has 180 valence electrons. The third-order valence-corrected chi connectivity index (χ3v) is 8.62. The maximum Gasteiger partial charge on any atom is 0.0642 e. The van der Waals surface area contributed by atoms with Crippen molar-refractivity contribution in [3.63, 3.8) is 0 Å². The molecule has 4 aliphatic rings. The Morgan fingerprint density at radius 1 is 0.875 bits per heavy atom. The Bertz CT molecular complexity index is 714. The predicted molar refractivity (Wildman–Crippen MR) is 138 cm³/mol. The van der Waals surface area contributed by atoms with Crippen molar-refractivity contribution >= 4 is 23.8 Å². The molecule has 1 aromatic carbocycles. The van der Waals surface area contributed by atoms with Crippen LogP contribution in [-0.2, 0) is 4.74 Å². The molecule has 0 radical (unpaired) electrons. The summed E-state index contributed by atoms with van der Waals surface area (Å²) in [6.07, 6.45) is 12.8. The van der Waals surface area contributed by atoms with Crippen LogP contribution in [0.15, 0.2) is 18.2 Å². The van der Waals surface area contributed by atoms with Crippen molar-refractivity contribution in [2.45, 2.75) is 70.6 Å². The molecule has 2 saturated carbocycles. The summed E-state index contributed by atoms with van der Waals surface area (Å²) in [5.74, 6) is 0.754. The van der Waals surface area contributed by atoms with Crippen LogP contribution in [0.4, 0.5) is 11.4 Å². The quantitative estimate of drug-likeness (QED) is 0.485. The summed E-state index contributed by atoms with van der Waals surface area (Å²) < 4.78 is 5.61. The highest BCUT2D eigenvalue weighted by Crippen LogP contribution is 2.59. The second kappa shape index (κ2) is 11.0. The number of nitrogens with zero attached hydrogens (tertiary/aromatic N) is 3. The van der Waals surface area contributed by atoms with Crippen LogP contribution in [0, 0.1) is 5.41 Å². The van der Waals surface area contributed by atoms with Crippen LogP contribution < -0.4 is 9.80 Å². The number of halogens is 1. The van der Waals surface area contributed by atoms with Gasteiger partial charge in [-0.1, -0.05) is 19.8 Å². The van der Waals surface area contributed by atoms with Crippen LogP contribution in [0.2, 0.25) is 0 Å². The van der Waals surface area contributed by atoms with Gasteiger partial charge in [0.1, 0.15) is 0 Å². The molecule has 0 unspecified atom stereocenters. The van der Waals surface area contributed by atoms with E-state index in [2.05, 4.69) is 39.8 Å². The maximum atomic E-state index is 5.61. The van der Waals surface area contributed by atoms with Gasteiger partial charge in [-0.15, -0.1) is 12.4 Å². The van der Waals surface area contributed by atoms with E-state index < -0.39 is 0 Å². The van der Waals surface area contributed by atoms with E-state index in [1.807, 2.05) is 0 Å². The van der Waals surface area contributed by atoms with Gasteiger partial charge in [0.05, 0.1) is 13.2 Å². The summed E-state index contributed by atoms with van der Waals surface area (Å²) in [5.41, 5.74) is 5.38. The van der Waals surface area contributed by atoms with E-state index >= 15 is 0 Å². The first-order chi connectivity index (χ1) is 15.3. The molecule has 5 rings (SSSR count). The largest absolute Gasteiger partial charge is 0.378 e. The van der Waals surface area contributed by atoms with Crippen LogP contribution in [0.5, 0.6) is 0 Å². The molecule has 4 nitrogen and oxygen atoms in total. The number of ether oxygens (including phenoxy) is 1. The molecule has 4 fully saturated rings. The summed E-state index contributed by atoms with van der Waals surface area (Å²) in [6.45, 7) is 12.2. The average molecular weight is 462 g/mol. The van der Waals surface area contributed by atoms with Gasteiger partial charge in [0.25, 0.3) is 0 Å². The van der Waals surface area contributed by atoms with Crippen molar-refractivity contribution in [3.05, 3.63) is 23.8 Å². The lowest BCUT2D eigenvalue weighted by atomic mass is 9.76.